The predicted molar refractivity (Wildman–Crippen MR) is 98.2 cm³/mol. The van der Waals surface area contributed by atoms with Crippen molar-refractivity contribution >= 4 is 5.78 Å². The van der Waals surface area contributed by atoms with E-state index in [2.05, 4.69) is 19.9 Å². The Kier molecular flexibility index (Phi) is 3.40. The van der Waals surface area contributed by atoms with Gasteiger partial charge in [0, 0.05) is 6.42 Å². The highest BCUT2D eigenvalue weighted by Crippen LogP contribution is 2.68. The van der Waals surface area contributed by atoms with Crippen LogP contribution in [0.3, 0.4) is 0 Å². The molecule has 1 aromatic rings. The van der Waals surface area contributed by atoms with E-state index in [0.29, 0.717) is 22.5 Å². The van der Waals surface area contributed by atoms with Gasteiger partial charge in [-0.05, 0) is 97.2 Å². The van der Waals surface area contributed by atoms with Crippen LogP contribution in [0, 0.1) is 28.6 Å². The summed E-state index contributed by atoms with van der Waals surface area (Å²) < 4.78 is 5.42. The van der Waals surface area contributed by atoms with Crippen LogP contribution in [-0.4, -0.2) is 5.78 Å². The molecule has 0 N–H and O–H groups in total. The molecular weight excluding hydrogens is 308 g/mol. The third-order valence-electron chi connectivity index (χ3n) is 8.91. The first kappa shape index (κ1) is 15.9. The molecule has 0 aliphatic heterocycles. The highest BCUT2D eigenvalue weighted by atomic mass is 16.3. The van der Waals surface area contributed by atoms with E-state index in [4.69, 9.17) is 4.42 Å². The predicted octanol–water partition coefficient (Wildman–Crippen LogP) is 5.90. The Labute approximate surface area is 151 Å². The van der Waals surface area contributed by atoms with Crippen molar-refractivity contribution < 1.29 is 9.21 Å². The van der Waals surface area contributed by atoms with E-state index in [9.17, 15) is 4.79 Å². The molecule has 1 unspecified atom stereocenters. The SMILES string of the molecule is C[C@]12CCC(=O)C=C1CC[C@@H]1[C@H]2CC[C@]2(C)C(c3ccoc3)CC[C@@H]12. The standard InChI is InChI=1S/C23H30O2/c1-22-10-7-17(24)13-16(22)3-4-18-20-6-5-19(15-9-12-25-14-15)23(20,2)11-8-21(18)22/h9,12-14,18-21H,3-8,10-11H2,1-2H3/t18-,19?,20-,21+,22-,23+/m0/s1. The fourth-order valence-corrected chi connectivity index (χ4v) is 7.58. The summed E-state index contributed by atoms with van der Waals surface area (Å²) in [7, 11) is 0. The Morgan fingerprint density at radius 1 is 1.04 bits per heavy atom. The number of fused-ring (bicyclic) bond motifs is 5. The molecule has 6 atom stereocenters. The summed E-state index contributed by atoms with van der Waals surface area (Å²) in [6.45, 7) is 5.05. The maximum atomic E-state index is 11.9. The van der Waals surface area contributed by atoms with Gasteiger partial charge in [-0.1, -0.05) is 19.4 Å². The van der Waals surface area contributed by atoms with Crippen LogP contribution in [0.15, 0.2) is 34.7 Å². The molecule has 5 rings (SSSR count). The molecule has 25 heavy (non-hydrogen) atoms. The Morgan fingerprint density at radius 3 is 2.72 bits per heavy atom. The van der Waals surface area contributed by atoms with Crippen molar-refractivity contribution in [1.82, 2.24) is 0 Å². The lowest BCUT2D eigenvalue weighted by molar-refractivity contribution is -0.117. The van der Waals surface area contributed by atoms with Crippen molar-refractivity contribution in [3.05, 3.63) is 35.8 Å². The lowest BCUT2D eigenvalue weighted by atomic mass is 9.46. The zero-order valence-corrected chi connectivity index (χ0v) is 15.6. The van der Waals surface area contributed by atoms with E-state index in [1.807, 2.05) is 18.6 Å². The average Bonchev–Trinajstić information content (AvgIpc) is 3.22. The number of ketones is 1. The largest absolute Gasteiger partial charge is 0.472 e. The maximum Gasteiger partial charge on any atom is 0.155 e. The van der Waals surface area contributed by atoms with Gasteiger partial charge in [0.05, 0.1) is 12.5 Å². The molecule has 2 heteroatoms. The van der Waals surface area contributed by atoms with Gasteiger partial charge in [-0.15, -0.1) is 0 Å². The smallest absolute Gasteiger partial charge is 0.155 e. The second-order valence-electron chi connectivity index (χ2n) is 9.70. The van der Waals surface area contributed by atoms with E-state index in [0.717, 1.165) is 37.0 Å². The summed E-state index contributed by atoms with van der Waals surface area (Å²) >= 11 is 0. The molecule has 3 fully saturated rings. The zero-order chi connectivity index (χ0) is 17.2. The van der Waals surface area contributed by atoms with Crippen molar-refractivity contribution in [1.29, 1.82) is 0 Å². The van der Waals surface area contributed by atoms with Crippen molar-refractivity contribution in [3.63, 3.8) is 0 Å². The van der Waals surface area contributed by atoms with Gasteiger partial charge in [0.1, 0.15) is 0 Å². The Hall–Kier alpha value is -1.31. The maximum absolute atomic E-state index is 11.9. The first-order valence-corrected chi connectivity index (χ1v) is 10.3. The quantitative estimate of drug-likeness (QED) is 0.638. The van der Waals surface area contributed by atoms with Gasteiger partial charge in [-0.2, -0.15) is 0 Å². The second-order valence-corrected chi connectivity index (χ2v) is 9.70. The number of rotatable bonds is 1. The zero-order valence-electron chi connectivity index (χ0n) is 15.6. The van der Waals surface area contributed by atoms with Crippen LogP contribution in [0.1, 0.15) is 76.7 Å². The normalized spacial score (nSPS) is 46.2. The average molecular weight is 338 g/mol. The van der Waals surface area contributed by atoms with Crippen LogP contribution in [0.5, 0.6) is 0 Å². The second kappa shape index (κ2) is 5.34. The van der Waals surface area contributed by atoms with Gasteiger partial charge in [-0.25, -0.2) is 0 Å². The van der Waals surface area contributed by atoms with Crippen LogP contribution in [0.25, 0.3) is 0 Å². The number of carbonyl (C=O) groups is 1. The Morgan fingerprint density at radius 2 is 1.92 bits per heavy atom. The number of carbonyl (C=O) groups excluding carboxylic acids is 1. The fourth-order valence-electron chi connectivity index (χ4n) is 7.58. The van der Waals surface area contributed by atoms with Gasteiger partial charge in [-0.3, -0.25) is 4.79 Å². The van der Waals surface area contributed by atoms with Crippen LogP contribution < -0.4 is 0 Å². The first-order chi connectivity index (χ1) is 12.0. The molecule has 4 aliphatic rings. The summed E-state index contributed by atoms with van der Waals surface area (Å²) in [4.78, 5) is 11.9. The summed E-state index contributed by atoms with van der Waals surface area (Å²) in [6, 6.07) is 2.19. The number of hydrogen-bond donors (Lipinski definition) is 0. The Balaban J connectivity index is 1.48. The van der Waals surface area contributed by atoms with Gasteiger partial charge in [0.2, 0.25) is 0 Å². The molecule has 0 radical (unpaired) electrons. The molecule has 134 valence electrons. The molecule has 2 nitrogen and oxygen atoms in total. The molecule has 0 amide bonds. The third kappa shape index (κ3) is 2.12. The summed E-state index contributed by atoms with van der Waals surface area (Å²) in [5, 5.41) is 0. The number of hydrogen-bond acceptors (Lipinski definition) is 2. The molecule has 4 aliphatic carbocycles. The van der Waals surface area contributed by atoms with Crippen molar-refractivity contribution in [3.8, 4) is 0 Å². The molecule has 0 saturated heterocycles. The van der Waals surface area contributed by atoms with E-state index < -0.39 is 0 Å². The molecule has 0 spiro atoms. The van der Waals surface area contributed by atoms with E-state index in [1.54, 1.807) is 0 Å². The highest BCUT2D eigenvalue weighted by Gasteiger charge is 2.59. The monoisotopic (exact) mass is 338 g/mol. The molecule has 1 heterocycles. The number of furan rings is 1. The lowest BCUT2D eigenvalue weighted by Crippen LogP contribution is -2.50. The van der Waals surface area contributed by atoms with Crippen molar-refractivity contribution in [2.24, 2.45) is 28.6 Å². The van der Waals surface area contributed by atoms with Crippen LogP contribution in [-0.2, 0) is 4.79 Å². The molecule has 0 bridgehead atoms. The lowest BCUT2D eigenvalue weighted by Gasteiger charge is -2.58. The molecule has 3 saturated carbocycles. The minimum atomic E-state index is 0.298. The highest BCUT2D eigenvalue weighted by molar-refractivity contribution is 5.91. The van der Waals surface area contributed by atoms with Gasteiger partial charge in [0.25, 0.3) is 0 Å². The van der Waals surface area contributed by atoms with Crippen LogP contribution in [0.2, 0.25) is 0 Å². The van der Waals surface area contributed by atoms with E-state index >= 15 is 0 Å². The van der Waals surface area contributed by atoms with Gasteiger partial charge >= 0.3 is 0 Å². The summed E-state index contributed by atoms with van der Waals surface area (Å²) in [5.41, 5.74) is 3.64. The van der Waals surface area contributed by atoms with E-state index in [1.165, 1.54) is 43.2 Å². The molecular formula is C23H30O2. The number of allylic oxidation sites excluding steroid dienone is 1. The fraction of sp³-hybridized carbons (Fsp3) is 0.696. The van der Waals surface area contributed by atoms with Crippen molar-refractivity contribution in [2.45, 2.75) is 71.1 Å². The topological polar surface area (TPSA) is 30.2 Å². The minimum absolute atomic E-state index is 0.298. The van der Waals surface area contributed by atoms with Crippen LogP contribution >= 0.6 is 0 Å². The Bertz CT molecular complexity index is 714. The third-order valence-corrected chi connectivity index (χ3v) is 8.91. The molecule has 1 aromatic heterocycles. The summed E-state index contributed by atoms with van der Waals surface area (Å²) in [5.74, 6) is 3.54. The molecule has 0 aromatic carbocycles. The summed E-state index contributed by atoms with van der Waals surface area (Å²) in [6.07, 6.45) is 15.6. The minimum Gasteiger partial charge on any atom is -0.472 e. The first-order valence-electron chi connectivity index (χ1n) is 10.3. The van der Waals surface area contributed by atoms with Crippen LogP contribution in [0.4, 0.5) is 0 Å². The van der Waals surface area contributed by atoms with Gasteiger partial charge < -0.3 is 4.42 Å². The van der Waals surface area contributed by atoms with E-state index in [-0.39, 0.29) is 0 Å². The van der Waals surface area contributed by atoms with Gasteiger partial charge in [0.15, 0.2) is 5.78 Å². The van der Waals surface area contributed by atoms with Crippen molar-refractivity contribution in [2.75, 3.05) is 0 Å².